The molecule has 1 N–H and O–H groups in total. The van der Waals surface area contributed by atoms with Crippen molar-refractivity contribution in [1.29, 1.82) is 0 Å². The molecule has 2 amide bonds. The number of aliphatic hydroxyl groups is 1. The van der Waals surface area contributed by atoms with Crippen LogP contribution in [0.1, 0.15) is 12.0 Å². The number of hydrogen-bond acceptors (Lipinski definition) is 3. The number of likely N-dealkylation sites (tertiary alicyclic amines) is 1. The van der Waals surface area contributed by atoms with Crippen molar-refractivity contribution in [2.24, 2.45) is 0 Å². The van der Waals surface area contributed by atoms with Crippen LogP contribution < -0.4 is 0 Å². The van der Waals surface area contributed by atoms with E-state index in [2.05, 4.69) is 0 Å². The Labute approximate surface area is 93.5 Å². The first-order chi connectivity index (χ1) is 7.68. The van der Waals surface area contributed by atoms with E-state index in [1.54, 1.807) is 0 Å². The first kappa shape index (κ1) is 10.8. The lowest BCUT2D eigenvalue weighted by Gasteiger charge is -2.13. The molecule has 4 nitrogen and oxygen atoms in total. The van der Waals surface area contributed by atoms with E-state index in [0.29, 0.717) is 13.0 Å². The normalized spacial score (nSPS) is 20.6. The summed E-state index contributed by atoms with van der Waals surface area (Å²) in [6.45, 7) is 0.346. The molecule has 0 saturated carbocycles. The second-order valence-electron chi connectivity index (χ2n) is 3.84. The standard InChI is InChI=1S/C12H13NO3/c14-10-8-11(15)13(12(10)16)7-6-9-4-2-1-3-5-9/h1-5,10,14H,6-8H2/t10-/m1/s1. The number of hydrogen-bond donors (Lipinski definition) is 1. The van der Waals surface area contributed by atoms with E-state index in [-0.39, 0.29) is 12.3 Å². The highest BCUT2D eigenvalue weighted by atomic mass is 16.3. The van der Waals surface area contributed by atoms with E-state index in [9.17, 15) is 14.7 Å². The number of imide groups is 1. The van der Waals surface area contributed by atoms with Gasteiger partial charge in [-0.1, -0.05) is 30.3 Å². The van der Waals surface area contributed by atoms with Gasteiger partial charge in [0.2, 0.25) is 5.91 Å². The summed E-state index contributed by atoms with van der Waals surface area (Å²) in [5, 5.41) is 9.22. The molecule has 1 saturated heterocycles. The third-order valence-electron chi connectivity index (χ3n) is 2.69. The number of carbonyl (C=O) groups is 2. The van der Waals surface area contributed by atoms with Gasteiger partial charge in [0.05, 0.1) is 6.42 Å². The minimum Gasteiger partial charge on any atom is -0.383 e. The topological polar surface area (TPSA) is 57.6 Å². The first-order valence-electron chi connectivity index (χ1n) is 5.24. The summed E-state index contributed by atoms with van der Waals surface area (Å²) < 4.78 is 0. The first-order valence-corrected chi connectivity index (χ1v) is 5.24. The molecule has 0 spiro atoms. The smallest absolute Gasteiger partial charge is 0.258 e. The van der Waals surface area contributed by atoms with Gasteiger partial charge in [-0.2, -0.15) is 0 Å². The van der Waals surface area contributed by atoms with Crippen molar-refractivity contribution in [2.45, 2.75) is 18.9 Å². The molecule has 0 bridgehead atoms. The molecule has 1 aromatic rings. The van der Waals surface area contributed by atoms with Gasteiger partial charge in [-0.3, -0.25) is 14.5 Å². The number of benzene rings is 1. The maximum Gasteiger partial charge on any atom is 0.258 e. The van der Waals surface area contributed by atoms with Gasteiger partial charge in [-0.15, -0.1) is 0 Å². The molecule has 16 heavy (non-hydrogen) atoms. The van der Waals surface area contributed by atoms with Crippen LogP contribution in [0.3, 0.4) is 0 Å². The van der Waals surface area contributed by atoms with Gasteiger partial charge in [0.1, 0.15) is 6.10 Å². The molecule has 1 aliphatic rings. The Morgan fingerprint density at radius 3 is 2.50 bits per heavy atom. The summed E-state index contributed by atoms with van der Waals surface area (Å²) in [4.78, 5) is 23.9. The number of carbonyl (C=O) groups excluding carboxylic acids is 2. The summed E-state index contributed by atoms with van der Waals surface area (Å²) in [5.74, 6) is -0.755. The van der Waals surface area contributed by atoms with Crippen LogP contribution in [0.4, 0.5) is 0 Å². The lowest BCUT2D eigenvalue weighted by Crippen LogP contribution is -2.33. The fourth-order valence-corrected chi connectivity index (χ4v) is 1.79. The fraction of sp³-hybridized carbons (Fsp3) is 0.333. The molecule has 1 aliphatic heterocycles. The Bertz CT molecular complexity index is 402. The van der Waals surface area contributed by atoms with Gasteiger partial charge in [0, 0.05) is 6.54 Å². The zero-order valence-corrected chi connectivity index (χ0v) is 8.80. The van der Waals surface area contributed by atoms with Crippen LogP contribution in [-0.4, -0.2) is 34.5 Å². The van der Waals surface area contributed by atoms with Crippen molar-refractivity contribution in [3.8, 4) is 0 Å². The van der Waals surface area contributed by atoms with Gasteiger partial charge in [-0.05, 0) is 12.0 Å². The van der Waals surface area contributed by atoms with Crippen LogP contribution in [0.25, 0.3) is 0 Å². The van der Waals surface area contributed by atoms with Crippen LogP contribution in [-0.2, 0) is 16.0 Å². The Morgan fingerprint density at radius 2 is 1.94 bits per heavy atom. The van der Waals surface area contributed by atoms with Gasteiger partial charge >= 0.3 is 0 Å². The zero-order chi connectivity index (χ0) is 11.5. The van der Waals surface area contributed by atoms with Crippen LogP contribution in [0.15, 0.2) is 30.3 Å². The monoisotopic (exact) mass is 219 g/mol. The van der Waals surface area contributed by atoms with Crippen LogP contribution in [0.2, 0.25) is 0 Å². The molecule has 1 aromatic carbocycles. The number of aliphatic hydroxyl groups excluding tert-OH is 1. The van der Waals surface area contributed by atoms with Crippen molar-refractivity contribution < 1.29 is 14.7 Å². The highest BCUT2D eigenvalue weighted by molar-refractivity contribution is 6.04. The Morgan fingerprint density at radius 1 is 1.25 bits per heavy atom. The Hall–Kier alpha value is -1.68. The number of nitrogens with zero attached hydrogens (tertiary/aromatic N) is 1. The predicted octanol–water partition coefficient (Wildman–Crippen LogP) is 0.349. The minimum atomic E-state index is -1.14. The zero-order valence-electron chi connectivity index (χ0n) is 8.80. The summed E-state index contributed by atoms with van der Waals surface area (Å²) in [6.07, 6.45) is -0.582. The average molecular weight is 219 g/mol. The summed E-state index contributed by atoms with van der Waals surface area (Å²) in [7, 11) is 0. The average Bonchev–Trinajstić information content (AvgIpc) is 2.53. The van der Waals surface area contributed by atoms with Gasteiger partial charge in [0.25, 0.3) is 5.91 Å². The molecule has 1 fully saturated rings. The third kappa shape index (κ3) is 2.12. The minimum absolute atomic E-state index is 0.0758. The van der Waals surface area contributed by atoms with Crippen molar-refractivity contribution >= 4 is 11.8 Å². The summed E-state index contributed by atoms with van der Waals surface area (Å²) in [5.41, 5.74) is 1.07. The maximum absolute atomic E-state index is 11.4. The van der Waals surface area contributed by atoms with Crippen molar-refractivity contribution in [3.63, 3.8) is 0 Å². The molecule has 0 aromatic heterocycles. The second kappa shape index (κ2) is 4.45. The fourth-order valence-electron chi connectivity index (χ4n) is 1.79. The molecule has 4 heteroatoms. The van der Waals surface area contributed by atoms with Crippen LogP contribution in [0.5, 0.6) is 0 Å². The largest absolute Gasteiger partial charge is 0.383 e. The highest BCUT2D eigenvalue weighted by Gasteiger charge is 2.36. The quantitative estimate of drug-likeness (QED) is 0.746. The van der Waals surface area contributed by atoms with E-state index in [4.69, 9.17) is 0 Å². The SMILES string of the molecule is O=C1C[C@@H](O)C(=O)N1CCc1ccccc1. The molecule has 1 atom stereocenters. The molecule has 0 unspecified atom stereocenters. The molecule has 84 valence electrons. The van der Waals surface area contributed by atoms with Gasteiger partial charge in [-0.25, -0.2) is 0 Å². The number of amides is 2. The Balaban J connectivity index is 1.96. The molecular weight excluding hydrogens is 206 g/mol. The number of rotatable bonds is 3. The molecule has 1 heterocycles. The molecule has 2 rings (SSSR count). The second-order valence-corrected chi connectivity index (χ2v) is 3.84. The maximum atomic E-state index is 11.4. The van der Waals surface area contributed by atoms with Crippen LogP contribution >= 0.6 is 0 Å². The van der Waals surface area contributed by atoms with Crippen molar-refractivity contribution in [1.82, 2.24) is 4.90 Å². The lowest BCUT2D eigenvalue weighted by atomic mass is 10.1. The van der Waals surface area contributed by atoms with E-state index in [1.807, 2.05) is 30.3 Å². The van der Waals surface area contributed by atoms with Crippen molar-refractivity contribution in [3.05, 3.63) is 35.9 Å². The van der Waals surface area contributed by atoms with Gasteiger partial charge < -0.3 is 5.11 Å². The third-order valence-corrected chi connectivity index (χ3v) is 2.69. The summed E-state index contributed by atoms with van der Waals surface area (Å²) in [6, 6.07) is 9.64. The molecule has 0 radical (unpaired) electrons. The predicted molar refractivity (Wildman–Crippen MR) is 57.5 cm³/mol. The van der Waals surface area contributed by atoms with E-state index in [1.165, 1.54) is 0 Å². The van der Waals surface area contributed by atoms with E-state index in [0.717, 1.165) is 10.5 Å². The van der Waals surface area contributed by atoms with Crippen molar-refractivity contribution in [2.75, 3.05) is 6.54 Å². The van der Waals surface area contributed by atoms with E-state index >= 15 is 0 Å². The molecular formula is C12H13NO3. The molecule has 0 aliphatic carbocycles. The lowest BCUT2D eigenvalue weighted by molar-refractivity contribution is -0.140. The Kier molecular flexibility index (Phi) is 3.01. The van der Waals surface area contributed by atoms with Gasteiger partial charge in [0.15, 0.2) is 0 Å². The summed E-state index contributed by atoms with van der Waals surface area (Å²) >= 11 is 0. The van der Waals surface area contributed by atoms with Crippen LogP contribution in [0, 0.1) is 0 Å². The van der Waals surface area contributed by atoms with E-state index < -0.39 is 12.0 Å². The highest BCUT2D eigenvalue weighted by Crippen LogP contribution is 2.13.